The zero-order valence-electron chi connectivity index (χ0n) is 47.4. The minimum absolute atomic E-state index is 1.03. The zero-order valence-corrected chi connectivity index (χ0v) is 47.4. The van der Waals surface area contributed by atoms with Gasteiger partial charge in [0.1, 0.15) is 215 Å². The Labute approximate surface area is 435 Å². The van der Waals surface area contributed by atoms with Gasteiger partial charge in [-0.15, -0.1) is 43.7 Å². The van der Waals surface area contributed by atoms with Crippen molar-refractivity contribution in [2.45, 2.75) is 0 Å². The molecule has 0 N–H and O–H groups in total. The first-order valence-electron chi connectivity index (χ1n) is 25.7. The van der Waals surface area contributed by atoms with Gasteiger partial charge in [0.05, 0.1) is 0 Å². The monoisotopic (exact) mass is 859 g/mol. The molecule has 8 aromatic carbocycles. The zero-order chi connectivity index (χ0) is 51.0. The van der Waals surface area contributed by atoms with E-state index in [1.54, 1.807) is 0 Å². The van der Waals surface area contributed by atoms with E-state index in [-0.39, 0.29) is 0 Å². The molecule has 1 aromatic heterocycles. The molecule has 0 saturated heterocycles. The molecule has 1 nitrogen and oxygen atoms in total. The van der Waals surface area contributed by atoms with Gasteiger partial charge in [0, 0.05) is 16.3 Å². The molecule has 0 fully saturated rings. The number of hydrogen-bond donors (Lipinski definition) is 0. The molecule has 0 unspecified atom stereocenters. The first-order chi connectivity index (χ1) is 32.2. The molecule has 0 radical (unpaired) electrons. The first kappa shape index (κ1) is 50.0. The van der Waals surface area contributed by atoms with E-state index in [9.17, 15) is 0 Å². The van der Waals surface area contributed by atoms with Crippen molar-refractivity contribution in [1.82, 2.24) is 0 Å². The van der Waals surface area contributed by atoms with E-state index in [1.165, 1.54) is 219 Å². The second-order valence-corrected chi connectivity index (χ2v) is 22.3. The maximum atomic E-state index is 7.27. The third-order valence-electron chi connectivity index (χ3n) is 20.0. The molecule has 0 spiro atoms. The Bertz CT molecular complexity index is 3850. The van der Waals surface area contributed by atoms with Crippen LogP contribution in [0.15, 0.2) is 4.42 Å². The highest BCUT2D eigenvalue weighted by Crippen LogP contribution is 2.41. The Hall–Kier alpha value is -3.97. The van der Waals surface area contributed by atoms with Crippen LogP contribution in [0.1, 0.15) is 0 Å². The van der Waals surface area contributed by atoms with E-state index in [1.807, 2.05) is 0 Å². The molecule has 0 aliphatic rings. The highest BCUT2D eigenvalue weighted by Gasteiger charge is 2.32. The molecule has 1 heterocycles. The molecule has 0 bridgehead atoms. The quantitative estimate of drug-likeness (QED) is 0.127. The van der Waals surface area contributed by atoms with Gasteiger partial charge in [0.2, 0.25) is 0 Å². The molecule has 9 aromatic rings. The van der Waals surface area contributed by atoms with Crippen molar-refractivity contribution in [3.8, 4) is 33.4 Å². The summed E-state index contributed by atoms with van der Waals surface area (Å²) < 4.78 is 7.27. The molecule has 27 heteroatoms. The summed E-state index contributed by atoms with van der Waals surface area (Å²) in [6.45, 7) is 0. The van der Waals surface area contributed by atoms with Gasteiger partial charge in [0.25, 0.3) is 0 Å². The number of hydrogen-bond acceptors (Lipinski definition) is 1. The van der Waals surface area contributed by atoms with E-state index in [2.05, 4.69) is 204 Å². The Balaban J connectivity index is 1.56. The second-order valence-electron chi connectivity index (χ2n) is 22.3. The lowest BCUT2D eigenvalue weighted by atomic mass is 9.55. The SMILES string of the molecule is Bc1c(B)c(-c2c3c(B)c(B)c(B)c(B)c3c(-c3c(B)c(B)c(B)c4c(B)c(B)c(B)c(B)c34)c3c(B)c(B)c(B)c(B)c23)c(B)c(B)c1-c1c(B)c(B)c(B)c2c1oc1c(B)c(B)c(B)c(B)c12. The second kappa shape index (κ2) is 16.8. The summed E-state index contributed by atoms with van der Waals surface area (Å²) in [6.07, 6.45) is 0. The van der Waals surface area contributed by atoms with E-state index in [0.29, 0.717) is 0 Å². The highest BCUT2D eigenvalue weighted by atomic mass is 16.3. The minimum Gasteiger partial charge on any atom is -0.456 e. The number of furan rings is 1. The molecule has 0 aliphatic heterocycles. The third kappa shape index (κ3) is 6.41. The Kier molecular flexibility index (Phi) is 12.2. The average molecular weight is 854 g/mol. The van der Waals surface area contributed by atoms with Crippen LogP contribution in [0.2, 0.25) is 0 Å². The van der Waals surface area contributed by atoms with Crippen molar-refractivity contribution in [3.05, 3.63) is 0 Å². The van der Waals surface area contributed by atoms with E-state index in [4.69, 9.17) is 4.42 Å². The fraction of sp³-hybridized carbons (Fsp3) is 0. The topological polar surface area (TPSA) is 13.1 Å². The van der Waals surface area contributed by atoms with Crippen LogP contribution in [0.5, 0.6) is 0 Å². The molecule has 69 heavy (non-hydrogen) atoms. The fourth-order valence-electron chi connectivity index (χ4n) is 13.6. The van der Waals surface area contributed by atoms with Crippen LogP contribution in [-0.2, 0) is 0 Å². The van der Waals surface area contributed by atoms with Crippen LogP contribution < -0.4 is 142 Å². The Morgan fingerprint density at radius 2 is 0.333 bits per heavy atom. The predicted octanol–water partition coefficient (Wildman–Crippen LogP) is -33.2. The van der Waals surface area contributed by atoms with Crippen LogP contribution in [0.4, 0.5) is 0 Å². The van der Waals surface area contributed by atoms with E-state index in [0.717, 1.165) is 11.2 Å². The number of rotatable bonds is 3. The summed E-state index contributed by atoms with van der Waals surface area (Å²) in [4.78, 5) is 0. The van der Waals surface area contributed by atoms with Crippen LogP contribution >= 0.6 is 0 Å². The van der Waals surface area contributed by atoms with Gasteiger partial charge in [-0.25, -0.2) is 0 Å². The maximum absolute atomic E-state index is 7.27. The van der Waals surface area contributed by atoms with Crippen LogP contribution in [0.3, 0.4) is 0 Å². The summed E-state index contributed by atoms with van der Waals surface area (Å²) in [7, 11) is 61.4. The molecular formula is C42H52B26O. The van der Waals surface area contributed by atoms with Crippen LogP contribution in [0.25, 0.3) is 87.6 Å². The molecule has 0 aliphatic carbocycles. The van der Waals surface area contributed by atoms with Crippen molar-refractivity contribution in [3.63, 3.8) is 0 Å². The molecule has 0 atom stereocenters. The third-order valence-corrected chi connectivity index (χ3v) is 20.0. The standard InChI is InChI=1S/C42H52B26O/c43-15-5(8-10(25(53)30(15)58)26(54)37(65)36(64)20(8)48)1-3-6(18(46)34(62)32(60)16(3)44)2(7-4(1)17(45)33(61)35(63)19(7)47)9-21(49)23(51)11(24(52)22(9)50)12-27(55)31(59)28(56)13-14-29(57)38(66)39(67)40(68)42(14)69-41(12)13/h43-68H2. The maximum Gasteiger partial charge on any atom is 0.143 e. The average Bonchev–Trinajstić information content (AvgIpc) is 3.72. The number of benzene rings is 8. The fourth-order valence-corrected chi connectivity index (χ4v) is 13.6. The summed E-state index contributed by atoms with van der Waals surface area (Å²) in [5.41, 5.74) is 45.8. The normalized spacial score (nSPS) is 11.8. The van der Waals surface area contributed by atoms with Gasteiger partial charge in [-0.1, -0.05) is 98.3 Å². The van der Waals surface area contributed by atoms with Gasteiger partial charge >= 0.3 is 0 Å². The molecule has 0 saturated carbocycles. The molecule has 9 rings (SSSR count). The van der Waals surface area contributed by atoms with Crippen molar-refractivity contribution >= 4 is 400 Å². The largest absolute Gasteiger partial charge is 0.456 e. The molecule has 0 amide bonds. The van der Waals surface area contributed by atoms with Crippen LogP contribution in [0, 0.1) is 0 Å². The highest BCUT2D eigenvalue weighted by molar-refractivity contribution is 6.77. The van der Waals surface area contributed by atoms with Gasteiger partial charge in [-0.3, -0.25) is 0 Å². The Morgan fingerprint density at radius 1 is 0.130 bits per heavy atom. The van der Waals surface area contributed by atoms with Crippen molar-refractivity contribution in [1.29, 1.82) is 0 Å². The lowest BCUT2D eigenvalue weighted by Gasteiger charge is -2.32. The van der Waals surface area contributed by atoms with Crippen LogP contribution in [-0.4, -0.2) is 204 Å². The van der Waals surface area contributed by atoms with Gasteiger partial charge in [0.15, 0.2) is 0 Å². The summed E-state index contributed by atoms with van der Waals surface area (Å²) in [5, 5.41) is 11.0. The van der Waals surface area contributed by atoms with Crippen molar-refractivity contribution in [2.24, 2.45) is 0 Å². The smallest absolute Gasteiger partial charge is 0.143 e. The van der Waals surface area contributed by atoms with Crippen molar-refractivity contribution < 1.29 is 4.42 Å². The lowest BCUT2D eigenvalue weighted by molar-refractivity contribution is 0.673. The molecule has 304 valence electrons. The van der Waals surface area contributed by atoms with E-state index >= 15 is 0 Å². The Morgan fingerprint density at radius 3 is 0.681 bits per heavy atom. The summed E-state index contributed by atoms with van der Waals surface area (Å²) >= 11 is 0. The molecular weight excluding hydrogens is 802 g/mol. The van der Waals surface area contributed by atoms with Crippen molar-refractivity contribution in [2.75, 3.05) is 0 Å². The minimum atomic E-state index is 1.03. The summed E-state index contributed by atoms with van der Waals surface area (Å²) in [5.74, 6) is 0. The van der Waals surface area contributed by atoms with Gasteiger partial charge in [-0.2, -0.15) is 0 Å². The lowest BCUT2D eigenvalue weighted by Crippen LogP contribution is -2.53. The van der Waals surface area contributed by atoms with Gasteiger partial charge < -0.3 is 4.42 Å². The first-order valence-corrected chi connectivity index (χ1v) is 25.7. The number of fused-ring (bicyclic) bond motifs is 6. The van der Waals surface area contributed by atoms with E-state index < -0.39 is 0 Å². The summed E-state index contributed by atoms with van der Waals surface area (Å²) in [6, 6.07) is 0. The predicted molar refractivity (Wildman–Crippen MR) is 395 cm³/mol. The van der Waals surface area contributed by atoms with Gasteiger partial charge in [-0.05, 0) is 60.1 Å².